The topological polar surface area (TPSA) is 66.9 Å². The predicted molar refractivity (Wildman–Crippen MR) is 154 cm³/mol. The van der Waals surface area contributed by atoms with Gasteiger partial charge in [0.15, 0.2) is 0 Å². The maximum absolute atomic E-state index is 13.8. The maximum atomic E-state index is 13.8. The van der Waals surface area contributed by atoms with Crippen molar-refractivity contribution in [1.82, 2.24) is 4.90 Å². The lowest BCUT2D eigenvalue weighted by molar-refractivity contribution is 0.0610. The van der Waals surface area contributed by atoms with E-state index in [0.717, 1.165) is 10.9 Å². The second kappa shape index (κ2) is 10.4. The van der Waals surface area contributed by atoms with Crippen LogP contribution in [0.1, 0.15) is 63.8 Å². The largest absolute Gasteiger partial charge is 0.495 e. The zero-order valence-electron chi connectivity index (χ0n) is 22.7. The van der Waals surface area contributed by atoms with Crippen molar-refractivity contribution in [3.05, 3.63) is 107 Å². The van der Waals surface area contributed by atoms with Gasteiger partial charge in [-0.15, -0.1) is 0 Å². The number of anilines is 1. The standard InChI is InChI=1S/C33H32N2O4/c1-33(2,3)24-18-16-23(17-19-24)30(36)34(27-14-5-6-15-28(27)39-4)20-9-21-35-31(37)25-12-7-10-22-11-8-13-26(29(22)25)32(35)38/h5-8,10-19H,9,20-21H2,1-4H3. The number of methoxy groups -OCH3 is 1. The Labute approximate surface area is 228 Å². The summed E-state index contributed by atoms with van der Waals surface area (Å²) in [6, 6.07) is 26.0. The molecular weight excluding hydrogens is 488 g/mol. The summed E-state index contributed by atoms with van der Waals surface area (Å²) in [7, 11) is 1.57. The van der Waals surface area contributed by atoms with E-state index in [-0.39, 0.29) is 29.7 Å². The molecule has 6 nitrogen and oxygen atoms in total. The smallest absolute Gasteiger partial charge is 0.261 e. The summed E-state index contributed by atoms with van der Waals surface area (Å²) >= 11 is 0. The minimum absolute atomic E-state index is 0.0274. The normalized spacial score (nSPS) is 13.1. The molecule has 0 aromatic heterocycles. The molecule has 3 amide bonds. The van der Waals surface area contributed by atoms with E-state index in [9.17, 15) is 14.4 Å². The van der Waals surface area contributed by atoms with Gasteiger partial charge >= 0.3 is 0 Å². The molecule has 0 fully saturated rings. The SMILES string of the molecule is COc1ccccc1N(CCCN1C(=O)c2cccc3cccc(c23)C1=O)C(=O)c1ccc(C(C)(C)C)cc1. The molecule has 0 aliphatic carbocycles. The Kier molecular flexibility index (Phi) is 6.96. The lowest BCUT2D eigenvalue weighted by atomic mass is 9.86. The van der Waals surface area contributed by atoms with Crippen LogP contribution in [0.5, 0.6) is 5.75 Å². The third-order valence-electron chi connectivity index (χ3n) is 7.24. The van der Waals surface area contributed by atoms with Crippen LogP contribution in [0.2, 0.25) is 0 Å². The number of hydrogen-bond acceptors (Lipinski definition) is 4. The second-order valence-electron chi connectivity index (χ2n) is 10.8. The van der Waals surface area contributed by atoms with Gasteiger partial charge in [0.1, 0.15) is 5.75 Å². The van der Waals surface area contributed by atoms with E-state index >= 15 is 0 Å². The highest BCUT2D eigenvalue weighted by Crippen LogP contribution is 2.32. The molecule has 0 N–H and O–H groups in total. The van der Waals surface area contributed by atoms with Crippen LogP contribution in [0.3, 0.4) is 0 Å². The molecule has 0 unspecified atom stereocenters. The zero-order valence-corrected chi connectivity index (χ0v) is 22.7. The molecule has 6 heteroatoms. The van der Waals surface area contributed by atoms with Crippen LogP contribution in [-0.4, -0.2) is 42.8 Å². The fourth-order valence-electron chi connectivity index (χ4n) is 5.12. The van der Waals surface area contributed by atoms with Gasteiger partial charge in [0.2, 0.25) is 0 Å². The van der Waals surface area contributed by atoms with Crippen molar-refractivity contribution >= 4 is 34.2 Å². The summed E-state index contributed by atoms with van der Waals surface area (Å²) in [5.74, 6) is -0.219. The van der Waals surface area contributed by atoms with Gasteiger partial charge in [-0.3, -0.25) is 19.3 Å². The molecule has 198 valence electrons. The predicted octanol–water partition coefficient (Wildman–Crippen LogP) is 6.48. The van der Waals surface area contributed by atoms with Gasteiger partial charge in [0, 0.05) is 35.2 Å². The summed E-state index contributed by atoms with van der Waals surface area (Å²) in [5.41, 5.74) is 3.36. The Hall–Kier alpha value is -4.45. The van der Waals surface area contributed by atoms with E-state index in [2.05, 4.69) is 20.8 Å². The molecule has 1 aliphatic rings. The first-order chi connectivity index (χ1) is 18.7. The fraction of sp³-hybridized carbons (Fsp3) is 0.242. The van der Waals surface area contributed by atoms with Gasteiger partial charge in [0.05, 0.1) is 12.8 Å². The van der Waals surface area contributed by atoms with Gasteiger partial charge in [-0.05, 0) is 59.2 Å². The lowest BCUT2D eigenvalue weighted by Crippen LogP contribution is -2.42. The molecule has 0 spiro atoms. The third-order valence-corrected chi connectivity index (χ3v) is 7.24. The molecule has 0 saturated heterocycles. The summed E-state index contributed by atoms with van der Waals surface area (Å²) in [5, 5.41) is 1.58. The minimum Gasteiger partial charge on any atom is -0.495 e. The molecular formula is C33H32N2O4. The van der Waals surface area contributed by atoms with Crippen LogP contribution in [0.4, 0.5) is 5.69 Å². The average Bonchev–Trinajstić information content (AvgIpc) is 2.94. The molecule has 1 heterocycles. The molecule has 4 aromatic rings. The van der Waals surface area contributed by atoms with Crippen molar-refractivity contribution in [2.75, 3.05) is 25.1 Å². The van der Waals surface area contributed by atoms with Crippen molar-refractivity contribution in [3.8, 4) is 5.75 Å². The first kappa shape index (κ1) is 26.2. The fourth-order valence-corrected chi connectivity index (χ4v) is 5.12. The van der Waals surface area contributed by atoms with Gasteiger partial charge in [-0.1, -0.05) is 69.3 Å². The molecule has 1 aliphatic heterocycles. The molecule has 39 heavy (non-hydrogen) atoms. The number of para-hydroxylation sites is 2. The number of hydrogen-bond donors (Lipinski definition) is 0. The van der Waals surface area contributed by atoms with E-state index < -0.39 is 0 Å². The Morgan fingerprint density at radius 1 is 0.821 bits per heavy atom. The first-order valence-corrected chi connectivity index (χ1v) is 13.1. The number of rotatable bonds is 7. The van der Waals surface area contributed by atoms with Crippen LogP contribution in [0.25, 0.3) is 10.8 Å². The highest BCUT2D eigenvalue weighted by atomic mass is 16.5. The van der Waals surface area contributed by atoms with Crippen LogP contribution in [-0.2, 0) is 5.41 Å². The number of carbonyl (C=O) groups is 3. The second-order valence-corrected chi connectivity index (χ2v) is 10.8. The number of amides is 3. The Morgan fingerprint density at radius 3 is 2.03 bits per heavy atom. The molecule has 5 rings (SSSR count). The molecule has 0 saturated carbocycles. The highest BCUT2D eigenvalue weighted by Gasteiger charge is 2.32. The number of nitrogens with zero attached hydrogens (tertiary/aromatic N) is 2. The van der Waals surface area contributed by atoms with Gasteiger partial charge in [-0.25, -0.2) is 0 Å². The van der Waals surface area contributed by atoms with E-state index in [1.54, 1.807) is 24.1 Å². The van der Waals surface area contributed by atoms with Crippen molar-refractivity contribution < 1.29 is 19.1 Å². The van der Waals surface area contributed by atoms with Crippen molar-refractivity contribution in [2.45, 2.75) is 32.6 Å². The Bertz CT molecular complexity index is 1520. The third kappa shape index (κ3) is 4.90. The summed E-state index contributed by atoms with van der Waals surface area (Å²) in [4.78, 5) is 43.4. The van der Waals surface area contributed by atoms with Gasteiger partial charge in [-0.2, -0.15) is 0 Å². The van der Waals surface area contributed by atoms with Crippen molar-refractivity contribution in [3.63, 3.8) is 0 Å². The molecule has 0 radical (unpaired) electrons. The first-order valence-electron chi connectivity index (χ1n) is 13.1. The summed E-state index contributed by atoms with van der Waals surface area (Å²) in [6.45, 7) is 6.88. The van der Waals surface area contributed by atoms with Gasteiger partial charge < -0.3 is 9.64 Å². The molecule has 0 bridgehead atoms. The number of carbonyl (C=O) groups excluding carboxylic acids is 3. The van der Waals surface area contributed by atoms with Crippen LogP contribution >= 0.6 is 0 Å². The van der Waals surface area contributed by atoms with Crippen LogP contribution < -0.4 is 9.64 Å². The van der Waals surface area contributed by atoms with Crippen LogP contribution in [0.15, 0.2) is 84.9 Å². The zero-order chi connectivity index (χ0) is 27.7. The van der Waals surface area contributed by atoms with E-state index in [1.807, 2.05) is 72.8 Å². The number of benzene rings is 4. The average molecular weight is 521 g/mol. The maximum Gasteiger partial charge on any atom is 0.261 e. The quantitative estimate of drug-likeness (QED) is 0.262. The van der Waals surface area contributed by atoms with Crippen LogP contribution in [0, 0.1) is 0 Å². The highest BCUT2D eigenvalue weighted by molar-refractivity contribution is 6.25. The van der Waals surface area contributed by atoms with Gasteiger partial charge in [0.25, 0.3) is 17.7 Å². The number of imide groups is 1. The summed E-state index contributed by atoms with van der Waals surface area (Å²) in [6.07, 6.45) is 0.402. The van der Waals surface area contributed by atoms with Crippen molar-refractivity contribution in [1.29, 1.82) is 0 Å². The monoisotopic (exact) mass is 520 g/mol. The molecule has 4 aromatic carbocycles. The Morgan fingerprint density at radius 2 is 1.44 bits per heavy atom. The number of ether oxygens (including phenoxy) is 1. The van der Waals surface area contributed by atoms with E-state index in [4.69, 9.17) is 4.74 Å². The van der Waals surface area contributed by atoms with E-state index in [0.29, 0.717) is 46.5 Å². The minimum atomic E-state index is -0.308. The Balaban J connectivity index is 1.40. The summed E-state index contributed by atoms with van der Waals surface area (Å²) < 4.78 is 5.57. The lowest BCUT2D eigenvalue weighted by Gasteiger charge is -2.29. The van der Waals surface area contributed by atoms with Crippen molar-refractivity contribution in [2.24, 2.45) is 0 Å². The molecule has 0 atom stereocenters. The van der Waals surface area contributed by atoms with E-state index in [1.165, 1.54) is 4.90 Å².